The molecule has 0 spiro atoms. The largest absolute Gasteiger partial charge is 0.397 e. The Kier molecular flexibility index (Phi) is 2.63. The van der Waals surface area contributed by atoms with Gasteiger partial charge in [-0.1, -0.05) is 0 Å². The van der Waals surface area contributed by atoms with Gasteiger partial charge in [-0.25, -0.2) is 0 Å². The zero-order valence-electron chi connectivity index (χ0n) is 8.64. The minimum Gasteiger partial charge on any atom is -0.397 e. The van der Waals surface area contributed by atoms with Gasteiger partial charge in [0.05, 0.1) is 11.9 Å². The fourth-order valence-electron chi connectivity index (χ4n) is 1.50. The van der Waals surface area contributed by atoms with Gasteiger partial charge in [0.15, 0.2) is 0 Å². The SMILES string of the molecule is Cc1cc(N)cnc1Cc1ccncc1. The quantitative estimate of drug-likeness (QED) is 0.804. The third-order valence-electron chi connectivity index (χ3n) is 2.33. The lowest BCUT2D eigenvalue weighted by molar-refractivity contribution is 1.04. The summed E-state index contributed by atoms with van der Waals surface area (Å²) in [4.78, 5) is 8.31. The maximum Gasteiger partial charge on any atom is 0.0503 e. The Morgan fingerprint density at radius 3 is 2.67 bits per heavy atom. The van der Waals surface area contributed by atoms with Gasteiger partial charge in [-0.15, -0.1) is 0 Å². The molecule has 3 nitrogen and oxygen atoms in total. The highest BCUT2D eigenvalue weighted by Gasteiger charge is 2.01. The number of nitrogens with zero attached hydrogens (tertiary/aromatic N) is 2. The monoisotopic (exact) mass is 199 g/mol. The highest BCUT2D eigenvalue weighted by atomic mass is 14.7. The van der Waals surface area contributed by atoms with E-state index in [1.165, 1.54) is 5.56 Å². The van der Waals surface area contributed by atoms with Crippen LogP contribution in [-0.4, -0.2) is 9.97 Å². The average molecular weight is 199 g/mol. The Morgan fingerprint density at radius 1 is 1.27 bits per heavy atom. The van der Waals surface area contributed by atoms with Gasteiger partial charge in [0.1, 0.15) is 0 Å². The molecule has 0 aromatic carbocycles. The highest BCUT2D eigenvalue weighted by molar-refractivity contribution is 5.40. The number of nitrogens with two attached hydrogens (primary N) is 1. The topological polar surface area (TPSA) is 51.8 Å². The van der Waals surface area contributed by atoms with E-state index in [9.17, 15) is 0 Å². The molecule has 0 fully saturated rings. The van der Waals surface area contributed by atoms with E-state index >= 15 is 0 Å². The molecule has 2 aromatic heterocycles. The Balaban J connectivity index is 2.25. The van der Waals surface area contributed by atoms with Crippen LogP contribution < -0.4 is 5.73 Å². The molecule has 0 radical (unpaired) electrons. The zero-order chi connectivity index (χ0) is 10.7. The molecule has 0 bridgehead atoms. The molecule has 2 aromatic rings. The molecular formula is C12H13N3. The Morgan fingerprint density at radius 2 is 2.00 bits per heavy atom. The van der Waals surface area contributed by atoms with Gasteiger partial charge >= 0.3 is 0 Å². The van der Waals surface area contributed by atoms with Crippen molar-refractivity contribution >= 4 is 5.69 Å². The van der Waals surface area contributed by atoms with Crippen molar-refractivity contribution in [3.05, 3.63) is 53.6 Å². The Hall–Kier alpha value is -1.90. The lowest BCUT2D eigenvalue weighted by atomic mass is 10.1. The molecule has 0 amide bonds. The average Bonchev–Trinajstić information content (AvgIpc) is 2.24. The molecule has 2 heterocycles. The maximum atomic E-state index is 5.65. The van der Waals surface area contributed by atoms with Crippen molar-refractivity contribution in [2.24, 2.45) is 0 Å². The van der Waals surface area contributed by atoms with Gasteiger partial charge in [0, 0.05) is 24.5 Å². The van der Waals surface area contributed by atoms with Crippen molar-refractivity contribution < 1.29 is 0 Å². The summed E-state index contributed by atoms with van der Waals surface area (Å²) in [6, 6.07) is 5.94. The number of anilines is 1. The number of rotatable bonds is 2. The van der Waals surface area contributed by atoms with E-state index in [1.54, 1.807) is 18.6 Å². The van der Waals surface area contributed by atoms with Crippen LogP contribution in [0.2, 0.25) is 0 Å². The van der Waals surface area contributed by atoms with E-state index < -0.39 is 0 Å². The highest BCUT2D eigenvalue weighted by Crippen LogP contribution is 2.13. The molecular weight excluding hydrogens is 186 g/mol. The molecule has 2 N–H and O–H groups in total. The Labute approximate surface area is 89.0 Å². The van der Waals surface area contributed by atoms with Gasteiger partial charge in [-0.2, -0.15) is 0 Å². The fraction of sp³-hybridized carbons (Fsp3) is 0.167. The van der Waals surface area contributed by atoms with E-state index in [0.717, 1.165) is 17.7 Å². The standard InChI is InChI=1S/C12H13N3/c1-9-6-11(13)8-15-12(9)7-10-2-4-14-5-3-10/h2-6,8H,7,13H2,1H3. The summed E-state index contributed by atoms with van der Waals surface area (Å²) in [6.45, 7) is 2.03. The van der Waals surface area contributed by atoms with E-state index in [1.807, 2.05) is 25.1 Å². The number of nitrogen functional groups attached to an aromatic ring is 1. The summed E-state index contributed by atoms with van der Waals surface area (Å²) in [7, 11) is 0. The summed E-state index contributed by atoms with van der Waals surface area (Å²) >= 11 is 0. The molecule has 0 atom stereocenters. The van der Waals surface area contributed by atoms with Crippen molar-refractivity contribution in [2.75, 3.05) is 5.73 Å². The first-order valence-electron chi connectivity index (χ1n) is 4.85. The maximum absolute atomic E-state index is 5.65. The fourth-order valence-corrected chi connectivity index (χ4v) is 1.50. The van der Waals surface area contributed by atoms with Gasteiger partial charge in [0.25, 0.3) is 0 Å². The third kappa shape index (κ3) is 2.31. The van der Waals surface area contributed by atoms with E-state index in [0.29, 0.717) is 5.69 Å². The lowest BCUT2D eigenvalue weighted by Gasteiger charge is -2.05. The summed E-state index contributed by atoms with van der Waals surface area (Å²) in [5.41, 5.74) is 9.77. The van der Waals surface area contributed by atoms with Crippen LogP contribution >= 0.6 is 0 Å². The first kappa shape index (κ1) is 9.65. The van der Waals surface area contributed by atoms with Crippen molar-refractivity contribution in [1.82, 2.24) is 9.97 Å². The van der Waals surface area contributed by atoms with Crippen molar-refractivity contribution in [3.63, 3.8) is 0 Å². The van der Waals surface area contributed by atoms with Gasteiger partial charge in [-0.3, -0.25) is 9.97 Å². The minimum atomic E-state index is 0.714. The van der Waals surface area contributed by atoms with Crippen molar-refractivity contribution in [2.45, 2.75) is 13.3 Å². The molecule has 0 aliphatic heterocycles. The summed E-state index contributed by atoms with van der Waals surface area (Å²) in [5, 5.41) is 0. The van der Waals surface area contributed by atoms with Crippen LogP contribution in [0, 0.1) is 6.92 Å². The van der Waals surface area contributed by atoms with E-state index in [4.69, 9.17) is 5.73 Å². The normalized spacial score (nSPS) is 10.2. The molecule has 0 saturated carbocycles. The van der Waals surface area contributed by atoms with Crippen LogP contribution in [0.5, 0.6) is 0 Å². The first-order valence-corrected chi connectivity index (χ1v) is 4.85. The third-order valence-corrected chi connectivity index (χ3v) is 2.33. The molecule has 0 aliphatic rings. The Bertz CT molecular complexity index is 452. The van der Waals surface area contributed by atoms with Crippen molar-refractivity contribution in [1.29, 1.82) is 0 Å². The molecule has 0 aliphatic carbocycles. The molecule has 15 heavy (non-hydrogen) atoms. The minimum absolute atomic E-state index is 0.714. The van der Waals surface area contributed by atoms with E-state index in [-0.39, 0.29) is 0 Å². The number of pyridine rings is 2. The smallest absolute Gasteiger partial charge is 0.0503 e. The molecule has 0 saturated heterocycles. The molecule has 3 heteroatoms. The second kappa shape index (κ2) is 4.09. The zero-order valence-corrected chi connectivity index (χ0v) is 8.64. The predicted molar refractivity (Wildman–Crippen MR) is 60.4 cm³/mol. The second-order valence-corrected chi connectivity index (χ2v) is 3.56. The summed E-state index contributed by atoms with van der Waals surface area (Å²) in [5.74, 6) is 0. The second-order valence-electron chi connectivity index (χ2n) is 3.56. The van der Waals surface area contributed by atoms with Crippen LogP contribution in [0.15, 0.2) is 36.8 Å². The predicted octanol–water partition coefficient (Wildman–Crippen LogP) is 1.96. The number of hydrogen-bond acceptors (Lipinski definition) is 3. The number of hydrogen-bond donors (Lipinski definition) is 1. The number of aryl methyl sites for hydroxylation is 1. The lowest BCUT2D eigenvalue weighted by Crippen LogP contribution is -1.98. The van der Waals surface area contributed by atoms with Crippen LogP contribution in [0.4, 0.5) is 5.69 Å². The molecule has 0 unspecified atom stereocenters. The molecule has 76 valence electrons. The first-order chi connectivity index (χ1) is 7.25. The summed E-state index contributed by atoms with van der Waals surface area (Å²) < 4.78 is 0. The van der Waals surface area contributed by atoms with E-state index in [2.05, 4.69) is 9.97 Å². The van der Waals surface area contributed by atoms with Crippen LogP contribution in [0.25, 0.3) is 0 Å². The van der Waals surface area contributed by atoms with Gasteiger partial charge < -0.3 is 5.73 Å². The van der Waals surface area contributed by atoms with Crippen molar-refractivity contribution in [3.8, 4) is 0 Å². The summed E-state index contributed by atoms with van der Waals surface area (Å²) in [6.07, 6.45) is 6.11. The number of aromatic nitrogens is 2. The van der Waals surface area contributed by atoms with Crippen LogP contribution in [0.1, 0.15) is 16.8 Å². The van der Waals surface area contributed by atoms with Crippen LogP contribution in [-0.2, 0) is 6.42 Å². The van der Waals surface area contributed by atoms with Gasteiger partial charge in [0.2, 0.25) is 0 Å². The molecule has 2 rings (SSSR count). The van der Waals surface area contributed by atoms with Crippen LogP contribution in [0.3, 0.4) is 0 Å². The van der Waals surface area contributed by atoms with Gasteiger partial charge in [-0.05, 0) is 36.2 Å².